The highest BCUT2D eigenvalue weighted by molar-refractivity contribution is 5.55. The van der Waals surface area contributed by atoms with Gasteiger partial charge in [0.1, 0.15) is 5.82 Å². The molecule has 0 unspecified atom stereocenters. The molecule has 0 spiro atoms. The summed E-state index contributed by atoms with van der Waals surface area (Å²) in [5, 5.41) is 0. The lowest BCUT2D eigenvalue weighted by Crippen LogP contribution is -2.40. The molecule has 17 heavy (non-hydrogen) atoms. The number of aryl methyl sites for hydroxylation is 1. The zero-order chi connectivity index (χ0) is 12.5. The number of anilines is 1. The maximum Gasteiger partial charge on any atom is 0.251 e. The van der Waals surface area contributed by atoms with Crippen molar-refractivity contribution in [2.24, 2.45) is 0 Å². The van der Waals surface area contributed by atoms with Crippen LogP contribution < -0.4 is 4.90 Å². The van der Waals surface area contributed by atoms with Crippen LogP contribution in [-0.4, -0.2) is 19.0 Å². The maximum absolute atomic E-state index is 13.8. The van der Waals surface area contributed by atoms with Gasteiger partial charge in [-0.15, -0.1) is 0 Å². The first kappa shape index (κ1) is 12.3. The van der Waals surface area contributed by atoms with Crippen LogP contribution in [-0.2, 0) is 6.42 Å². The van der Waals surface area contributed by atoms with Gasteiger partial charge in [0.25, 0.3) is 5.92 Å². The van der Waals surface area contributed by atoms with Gasteiger partial charge < -0.3 is 4.90 Å². The third-order valence-corrected chi connectivity index (χ3v) is 3.26. The summed E-state index contributed by atoms with van der Waals surface area (Å²) in [5.74, 6) is -2.90. The second-order valence-corrected chi connectivity index (χ2v) is 4.44. The molecule has 1 heterocycles. The van der Waals surface area contributed by atoms with Crippen LogP contribution in [0.15, 0.2) is 18.2 Å². The van der Waals surface area contributed by atoms with Crippen molar-refractivity contribution in [2.75, 3.05) is 18.0 Å². The van der Waals surface area contributed by atoms with Crippen molar-refractivity contribution in [2.45, 2.75) is 32.1 Å². The minimum Gasteiger partial charge on any atom is -0.368 e. The van der Waals surface area contributed by atoms with Gasteiger partial charge in [-0.3, -0.25) is 0 Å². The van der Waals surface area contributed by atoms with Crippen molar-refractivity contribution in [3.8, 4) is 0 Å². The van der Waals surface area contributed by atoms with E-state index >= 15 is 0 Å². The van der Waals surface area contributed by atoms with Crippen molar-refractivity contribution in [1.29, 1.82) is 0 Å². The molecule has 0 atom stereocenters. The number of alkyl halides is 2. The first-order valence-corrected chi connectivity index (χ1v) is 5.93. The molecule has 1 saturated heterocycles. The largest absolute Gasteiger partial charge is 0.368 e. The van der Waals surface area contributed by atoms with Crippen LogP contribution >= 0.6 is 0 Å². The molecule has 1 nitrogen and oxygen atoms in total. The van der Waals surface area contributed by atoms with E-state index in [1.807, 2.05) is 13.0 Å². The number of rotatable bonds is 2. The van der Waals surface area contributed by atoms with Crippen LogP contribution in [0.25, 0.3) is 0 Å². The van der Waals surface area contributed by atoms with Crippen LogP contribution in [0.3, 0.4) is 0 Å². The normalized spacial score (nSPS) is 19.4. The molecule has 1 aliphatic heterocycles. The smallest absolute Gasteiger partial charge is 0.251 e. The monoisotopic (exact) mass is 243 g/mol. The molecule has 0 saturated carbocycles. The highest BCUT2D eigenvalue weighted by Gasteiger charge is 2.35. The van der Waals surface area contributed by atoms with Crippen LogP contribution in [0.4, 0.5) is 18.9 Å². The van der Waals surface area contributed by atoms with Gasteiger partial charge in [-0.2, -0.15) is 0 Å². The van der Waals surface area contributed by atoms with Crippen LogP contribution in [0.1, 0.15) is 25.3 Å². The van der Waals surface area contributed by atoms with E-state index in [9.17, 15) is 13.2 Å². The van der Waals surface area contributed by atoms with Gasteiger partial charge in [-0.25, -0.2) is 13.2 Å². The topological polar surface area (TPSA) is 3.24 Å². The number of nitrogens with zero attached hydrogens (tertiary/aromatic N) is 1. The van der Waals surface area contributed by atoms with E-state index in [2.05, 4.69) is 0 Å². The summed E-state index contributed by atoms with van der Waals surface area (Å²) < 4.78 is 39.9. The molecular formula is C13H16F3N. The van der Waals surface area contributed by atoms with Crippen molar-refractivity contribution >= 4 is 5.69 Å². The zero-order valence-electron chi connectivity index (χ0n) is 9.85. The molecule has 1 aromatic carbocycles. The Hall–Kier alpha value is -1.19. The Morgan fingerprint density at radius 1 is 1.24 bits per heavy atom. The number of piperidine rings is 1. The van der Waals surface area contributed by atoms with Gasteiger partial charge in [-0.1, -0.05) is 19.1 Å². The number of benzene rings is 1. The fourth-order valence-corrected chi connectivity index (χ4v) is 2.26. The second-order valence-electron chi connectivity index (χ2n) is 4.44. The lowest BCUT2D eigenvalue weighted by molar-refractivity contribution is -0.0221. The van der Waals surface area contributed by atoms with Crippen LogP contribution in [0, 0.1) is 5.82 Å². The highest BCUT2D eigenvalue weighted by atomic mass is 19.3. The molecule has 0 bridgehead atoms. The van der Waals surface area contributed by atoms with E-state index in [0.717, 1.165) is 5.56 Å². The Bertz CT molecular complexity index is 394. The lowest BCUT2D eigenvalue weighted by atomic mass is 10.0. The summed E-state index contributed by atoms with van der Waals surface area (Å²) in [6, 6.07) is 4.91. The molecule has 0 amide bonds. The highest BCUT2D eigenvalue weighted by Crippen LogP contribution is 2.33. The molecule has 4 heteroatoms. The molecule has 1 aromatic rings. The molecule has 0 N–H and O–H groups in total. The number of para-hydroxylation sites is 1. The summed E-state index contributed by atoms with van der Waals surface area (Å²) >= 11 is 0. The van der Waals surface area contributed by atoms with Gasteiger partial charge in [0.05, 0.1) is 5.69 Å². The van der Waals surface area contributed by atoms with E-state index in [-0.39, 0.29) is 31.7 Å². The lowest BCUT2D eigenvalue weighted by Gasteiger charge is -2.34. The second kappa shape index (κ2) is 4.59. The predicted octanol–water partition coefficient (Wildman–Crippen LogP) is 3.62. The fraction of sp³-hybridized carbons (Fsp3) is 0.538. The minimum atomic E-state index is -2.59. The first-order chi connectivity index (χ1) is 8.03. The molecule has 1 aliphatic rings. The van der Waals surface area contributed by atoms with Gasteiger partial charge in [0.2, 0.25) is 0 Å². The standard InChI is InChI=1S/C13H16F3N/c1-2-10-4-3-5-11(14)12(10)17-8-6-13(15,16)7-9-17/h3-5H,2,6-9H2,1H3. The molecule has 0 aromatic heterocycles. The predicted molar refractivity (Wildman–Crippen MR) is 62.2 cm³/mol. The Kier molecular flexibility index (Phi) is 3.31. The van der Waals surface area contributed by atoms with Gasteiger partial charge in [-0.05, 0) is 18.1 Å². The zero-order valence-corrected chi connectivity index (χ0v) is 9.85. The average Bonchev–Trinajstić information content (AvgIpc) is 2.29. The Labute approximate surface area is 99.2 Å². The van der Waals surface area contributed by atoms with Gasteiger partial charge >= 0.3 is 0 Å². The number of hydrogen-bond donors (Lipinski definition) is 0. The van der Waals surface area contributed by atoms with Crippen molar-refractivity contribution < 1.29 is 13.2 Å². The van der Waals surface area contributed by atoms with E-state index in [4.69, 9.17) is 0 Å². The number of halogens is 3. The molecule has 94 valence electrons. The van der Waals surface area contributed by atoms with Gasteiger partial charge in [0.15, 0.2) is 0 Å². The minimum absolute atomic E-state index is 0.190. The van der Waals surface area contributed by atoms with Crippen molar-refractivity contribution in [1.82, 2.24) is 0 Å². The van der Waals surface area contributed by atoms with E-state index in [0.29, 0.717) is 12.1 Å². The van der Waals surface area contributed by atoms with E-state index < -0.39 is 5.92 Å². The van der Waals surface area contributed by atoms with Crippen molar-refractivity contribution in [3.05, 3.63) is 29.6 Å². The molecular weight excluding hydrogens is 227 g/mol. The van der Waals surface area contributed by atoms with Crippen molar-refractivity contribution in [3.63, 3.8) is 0 Å². The molecule has 1 fully saturated rings. The summed E-state index contributed by atoms with van der Waals surface area (Å²) in [4.78, 5) is 1.74. The van der Waals surface area contributed by atoms with Crippen LogP contribution in [0.2, 0.25) is 0 Å². The fourth-order valence-electron chi connectivity index (χ4n) is 2.26. The molecule has 0 radical (unpaired) electrons. The van der Waals surface area contributed by atoms with E-state index in [1.54, 1.807) is 11.0 Å². The molecule has 2 rings (SSSR count). The summed E-state index contributed by atoms with van der Waals surface area (Å²) in [7, 11) is 0. The Balaban J connectivity index is 2.23. The Morgan fingerprint density at radius 2 is 1.88 bits per heavy atom. The summed E-state index contributed by atoms with van der Waals surface area (Å²) in [6.45, 7) is 2.39. The SMILES string of the molecule is CCc1cccc(F)c1N1CCC(F)(F)CC1. The van der Waals surface area contributed by atoms with Crippen LogP contribution in [0.5, 0.6) is 0 Å². The quantitative estimate of drug-likeness (QED) is 0.766. The molecule has 0 aliphatic carbocycles. The van der Waals surface area contributed by atoms with Gasteiger partial charge in [0, 0.05) is 25.9 Å². The number of hydrogen-bond acceptors (Lipinski definition) is 1. The first-order valence-electron chi connectivity index (χ1n) is 5.93. The summed E-state index contributed by atoms with van der Waals surface area (Å²) in [5.41, 5.74) is 1.39. The Morgan fingerprint density at radius 3 is 2.47 bits per heavy atom. The maximum atomic E-state index is 13.8. The van der Waals surface area contributed by atoms with E-state index in [1.165, 1.54) is 6.07 Å². The summed E-state index contributed by atoms with van der Waals surface area (Å²) in [6.07, 6.45) is 0.328. The third kappa shape index (κ3) is 2.56. The third-order valence-electron chi connectivity index (χ3n) is 3.26. The average molecular weight is 243 g/mol.